The van der Waals surface area contributed by atoms with Gasteiger partial charge in [-0.1, -0.05) is 11.6 Å². The standard InChI is InChI=1S/C22H25ClN4O2/c1-13-19(26-22(28)15-8-16(23)10-17(9-15)29-3)11-25-21-20(13)18(12-27(21)2)14-4-6-24-7-5-14/h8-12,14,24H,4-7H2,1-3H3,(H,26,28). The molecule has 6 nitrogen and oxygen atoms in total. The molecule has 4 rings (SSSR count). The number of hydrogen-bond donors (Lipinski definition) is 2. The summed E-state index contributed by atoms with van der Waals surface area (Å²) in [6, 6.07) is 4.97. The normalized spacial score (nSPS) is 14.9. The highest BCUT2D eigenvalue weighted by Crippen LogP contribution is 2.36. The van der Waals surface area contributed by atoms with Crippen LogP contribution in [-0.4, -0.2) is 35.7 Å². The molecule has 0 radical (unpaired) electrons. The van der Waals surface area contributed by atoms with E-state index in [1.165, 1.54) is 5.56 Å². The third-order valence-corrected chi connectivity index (χ3v) is 5.89. The maximum atomic E-state index is 12.8. The zero-order chi connectivity index (χ0) is 20.5. The number of fused-ring (bicyclic) bond motifs is 1. The molecule has 0 atom stereocenters. The van der Waals surface area contributed by atoms with Gasteiger partial charge in [-0.2, -0.15) is 0 Å². The molecule has 0 spiro atoms. The lowest BCUT2D eigenvalue weighted by Gasteiger charge is -2.22. The second-order valence-electron chi connectivity index (χ2n) is 7.55. The number of amides is 1. The van der Waals surface area contributed by atoms with Gasteiger partial charge in [0.25, 0.3) is 5.91 Å². The number of aryl methyl sites for hydroxylation is 2. The van der Waals surface area contributed by atoms with E-state index >= 15 is 0 Å². The lowest BCUT2D eigenvalue weighted by Crippen LogP contribution is -2.26. The zero-order valence-electron chi connectivity index (χ0n) is 16.9. The predicted octanol–water partition coefficient (Wildman–Crippen LogP) is 4.26. The summed E-state index contributed by atoms with van der Waals surface area (Å²) in [6.45, 7) is 4.10. The van der Waals surface area contributed by atoms with E-state index in [0.717, 1.165) is 42.5 Å². The van der Waals surface area contributed by atoms with Crippen molar-refractivity contribution in [1.29, 1.82) is 0 Å². The molecule has 2 N–H and O–H groups in total. The summed E-state index contributed by atoms with van der Waals surface area (Å²) in [6.07, 6.45) is 6.13. The summed E-state index contributed by atoms with van der Waals surface area (Å²) in [4.78, 5) is 17.5. The molecule has 2 aromatic heterocycles. The van der Waals surface area contributed by atoms with E-state index in [2.05, 4.69) is 26.4 Å². The van der Waals surface area contributed by atoms with Gasteiger partial charge < -0.3 is 19.9 Å². The van der Waals surface area contributed by atoms with E-state index in [0.29, 0.717) is 27.9 Å². The summed E-state index contributed by atoms with van der Waals surface area (Å²) in [5, 5.41) is 8.02. The monoisotopic (exact) mass is 412 g/mol. The first-order valence-corrected chi connectivity index (χ1v) is 10.2. The van der Waals surface area contributed by atoms with Gasteiger partial charge in [-0.05, 0) is 68.1 Å². The van der Waals surface area contributed by atoms with Crippen molar-refractivity contribution >= 4 is 34.2 Å². The number of methoxy groups -OCH3 is 1. The number of carbonyl (C=O) groups is 1. The fourth-order valence-electron chi connectivity index (χ4n) is 4.11. The number of aromatic nitrogens is 2. The molecule has 0 saturated carbocycles. The van der Waals surface area contributed by atoms with E-state index in [1.54, 1.807) is 31.5 Å². The highest BCUT2D eigenvalue weighted by Gasteiger charge is 2.22. The maximum Gasteiger partial charge on any atom is 0.255 e. The zero-order valence-corrected chi connectivity index (χ0v) is 17.6. The number of halogens is 1. The summed E-state index contributed by atoms with van der Waals surface area (Å²) in [7, 11) is 3.57. The molecule has 3 aromatic rings. The predicted molar refractivity (Wildman–Crippen MR) is 116 cm³/mol. The quantitative estimate of drug-likeness (QED) is 0.671. The maximum absolute atomic E-state index is 12.8. The largest absolute Gasteiger partial charge is 0.497 e. The number of nitrogens with one attached hydrogen (secondary N) is 2. The number of nitrogens with zero attached hydrogens (tertiary/aromatic N) is 2. The Bertz CT molecular complexity index is 1070. The molecule has 1 aliphatic rings. The fraction of sp³-hybridized carbons (Fsp3) is 0.364. The molecule has 1 aromatic carbocycles. The van der Waals surface area contributed by atoms with Crippen LogP contribution in [0.5, 0.6) is 5.75 Å². The summed E-state index contributed by atoms with van der Waals surface area (Å²) >= 11 is 6.11. The van der Waals surface area contributed by atoms with Gasteiger partial charge in [0.15, 0.2) is 0 Å². The molecule has 1 amide bonds. The Morgan fingerprint density at radius 2 is 2.07 bits per heavy atom. The molecule has 7 heteroatoms. The lowest BCUT2D eigenvalue weighted by molar-refractivity contribution is 0.102. The highest BCUT2D eigenvalue weighted by molar-refractivity contribution is 6.31. The SMILES string of the molecule is COc1cc(Cl)cc(C(=O)Nc2cnc3c(c(C4CCNCC4)cn3C)c2C)c1. The number of benzene rings is 1. The van der Waals surface area contributed by atoms with Crippen molar-refractivity contribution in [2.75, 3.05) is 25.5 Å². The number of anilines is 1. The first kappa shape index (κ1) is 19.7. The van der Waals surface area contributed by atoms with Crippen molar-refractivity contribution < 1.29 is 9.53 Å². The summed E-state index contributed by atoms with van der Waals surface area (Å²) in [5.41, 5.74) is 4.45. The lowest BCUT2D eigenvalue weighted by atomic mass is 9.89. The first-order valence-electron chi connectivity index (χ1n) is 9.79. The molecule has 29 heavy (non-hydrogen) atoms. The molecule has 1 aliphatic heterocycles. The van der Waals surface area contributed by atoms with Crippen LogP contribution in [0.4, 0.5) is 5.69 Å². The summed E-state index contributed by atoms with van der Waals surface area (Å²) < 4.78 is 7.29. The van der Waals surface area contributed by atoms with E-state index in [4.69, 9.17) is 16.3 Å². The molecule has 152 valence electrons. The first-order chi connectivity index (χ1) is 14.0. The Balaban J connectivity index is 1.70. The van der Waals surface area contributed by atoms with Gasteiger partial charge in [0.2, 0.25) is 0 Å². The minimum atomic E-state index is -0.241. The van der Waals surface area contributed by atoms with E-state index in [9.17, 15) is 4.79 Å². The average Bonchev–Trinajstić information content (AvgIpc) is 3.07. The molecule has 0 unspecified atom stereocenters. The third kappa shape index (κ3) is 3.82. The molecule has 0 bridgehead atoms. The summed E-state index contributed by atoms with van der Waals surface area (Å²) in [5.74, 6) is 0.808. The molecule has 1 saturated heterocycles. The number of hydrogen-bond acceptors (Lipinski definition) is 4. The van der Waals surface area contributed by atoms with Crippen LogP contribution in [0.3, 0.4) is 0 Å². The second-order valence-corrected chi connectivity index (χ2v) is 7.99. The van der Waals surface area contributed by atoms with E-state index in [-0.39, 0.29) is 5.91 Å². The van der Waals surface area contributed by atoms with Crippen LogP contribution in [0.25, 0.3) is 11.0 Å². The number of ether oxygens (including phenoxy) is 1. The Kier molecular flexibility index (Phi) is 5.48. The molecular formula is C22H25ClN4O2. The topological polar surface area (TPSA) is 68.2 Å². The highest BCUT2D eigenvalue weighted by atomic mass is 35.5. The molecule has 0 aliphatic carbocycles. The van der Waals surface area contributed by atoms with Crippen molar-refractivity contribution in [3.05, 3.63) is 52.3 Å². The molecule has 3 heterocycles. The van der Waals surface area contributed by atoms with Crippen LogP contribution in [0.1, 0.15) is 40.2 Å². The van der Waals surface area contributed by atoms with Crippen LogP contribution in [0.15, 0.2) is 30.6 Å². The van der Waals surface area contributed by atoms with Gasteiger partial charge in [-0.25, -0.2) is 4.98 Å². The minimum Gasteiger partial charge on any atom is -0.497 e. The smallest absolute Gasteiger partial charge is 0.255 e. The number of carbonyl (C=O) groups excluding carboxylic acids is 1. The fourth-order valence-corrected chi connectivity index (χ4v) is 4.34. The van der Waals surface area contributed by atoms with Crippen LogP contribution in [-0.2, 0) is 7.05 Å². The van der Waals surface area contributed by atoms with Crippen molar-refractivity contribution in [3.63, 3.8) is 0 Å². The van der Waals surface area contributed by atoms with Crippen LogP contribution >= 0.6 is 11.6 Å². The molecule has 1 fully saturated rings. The van der Waals surface area contributed by atoms with Crippen LogP contribution in [0.2, 0.25) is 5.02 Å². The number of piperidine rings is 1. The van der Waals surface area contributed by atoms with Crippen molar-refractivity contribution in [2.24, 2.45) is 7.05 Å². The second kappa shape index (κ2) is 8.05. The Morgan fingerprint density at radius 3 is 2.79 bits per heavy atom. The van der Waals surface area contributed by atoms with Gasteiger partial charge in [0.1, 0.15) is 11.4 Å². The Labute approximate surface area is 175 Å². The van der Waals surface area contributed by atoms with Gasteiger partial charge >= 0.3 is 0 Å². The Hall–Kier alpha value is -2.57. The van der Waals surface area contributed by atoms with Crippen molar-refractivity contribution in [3.8, 4) is 5.75 Å². The van der Waals surface area contributed by atoms with Crippen LogP contribution in [0, 0.1) is 6.92 Å². The molecular weight excluding hydrogens is 388 g/mol. The third-order valence-electron chi connectivity index (χ3n) is 5.67. The van der Waals surface area contributed by atoms with Gasteiger partial charge in [-0.15, -0.1) is 0 Å². The van der Waals surface area contributed by atoms with Gasteiger partial charge in [0, 0.05) is 29.2 Å². The van der Waals surface area contributed by atoms with Gasteiger partial charge in [0.05, 0.1) is 19.0 Å². The van der Waals surface area contributed by atoms with Crippen LogP contribution < -0.4 is 15.4 Å². The van der Waals surface area contributed by atoms with Crippen molar-refractivity contribution in [1.82, 2.24) is 14.9 Å². The van der Waals surface area contributed by atoms with Crippen molar-refractivity contribution in [2.45, 2.75) is 25.7 Å². The van der Waals surface area contributed by atoms with E-state index < -0.39 is 0 Å². The van der Waals surface area contributed by atoms with E-state index in [1.807, 2.05) is 14.0 Å². The number of rotatable bonds is 4. The average molecular weight is 413 g/mol. The Morgan fingerprint density at radius 1 is 1.31 bits per heavy atom. The number of pyridine rings is 1. The van der Waals surface area contributed by atoms with Gasteiger partial charge in [-0.3, -0.25) is 4.79 Å². The minimum absolute atomic E-state index is 0.241.